The molecule has 0 aliphatic carbocycles. The lowest BCUT2D eigenvalue weighted by molar-refractivity contribution is 0.101. The van der Waals surface area contributed by atoms with Gasteiger partial charge in [0, 0.05) is 8.04 Å². The van der Waals surface area contributed by atoms with E-state index in [9.17, 15) is 9.18 Å². The Morgan fingerprint density at radius 2 is 2.15 bits per heavy atom. The normalized spacial score (nSPS) is 10.2. The summed E-state index contributed by atoms with van der Waals surface area (Å²) in [5.74, 6) is -0.746. The van der Waals surface area contributed by atoms with Gasteiger partial charge in [0.05, 0.1) is 10.9 Å². The predicted octanol–water partition coefficient (Wildman–Crippen LogP) is 3.77. The average Bonchev–Trinajstić information content (AvgIpc) is 2.02. The second-order valence-corrected chi connectivity index (χ2v) is 4.96. The maximum Gasteiger partial charge on any atom is 0.177 e. The summed E-state index contributed by atoms with van der Waals surface area (Å²) in [4.78, 5) is 11.2. The van der Waals surface area contributed by atoms with Gasteiger partial charge < -0.3 is 0 Å². The molecule has 0 amide bonds. The number of hydrogen-bond donors (Lipinski definition) is 0. The van der Waals surface area contributed by atoms with E-state index in [2.05, 4.69) is 31.9 Å². The molecule has 0 fully saturated rings. The molecule has 0 aromatic heterocycles. The molecule has 1 rings (SSSR count). The van der Waals surface area contributed by atoms with Gasteiger partial charge >= 0.3 is 0 Å². The highest BCUT2D eigenvalue weighted by Crippen LogP contribution is 2.24. The lowest BCUT2D eigenvalue weighted by Gasteiger charge is -2.03. The van der Waals surface area contributed by atoms with Crippen molar-refractivity contribution in [2.45, 2.75) is 0 Å². The quantitative estimate of drug-likeness (QED) is 0.403. The third-order valence-electron chi connectivity index (χ3n) is 1.41. The molecular formula is C8H4Br2FIO. The molecule has 0 saturated heterocycles. The number of Topliss-reactive ketones (excluding diaryl/α,β-unsaturated/α-hetero) is 1. The SMILES string of the molecule is O=C(CBr)c1c(F)cc(I)cc1Br. The standard InChI is InChI=1S/C8H4Br2FIO/c9-3-7(13)8-5(10)1-4(12)2-6(8)11/h1-2H,3H2. The Labute approximate surface area is 105 Å². The molecule has 0 radical (unpaired) electrons. The van der Waals surface area contributed by atoms with E-state index in [1.165, 1.54) is 6.07 Å². The van der Waals surface area contributed by atoms with Crippen LogP contribution in [-0.4, -0.2) is 11.1 Å². The van der Waals surface area contributed by atoms with Gasteiger partial charge in [0.15, 0.2) is 5.78 Å². The molecule has 0 atom stereocenters. The number of carbonyl (C=O) groups is 1. The maximum atomic E-state index is 13.3. The molecule has 70 valence electrons. The lowest BCUT2D eigenvalue weighted by atomic mass is 10.1. The Morgan fingerprint density at radius 3 is 2.62 bits per heavy atom. The van der Waals surface area contributed by atoms with E-state index in [4.69, 9.17) is 0 Å². The summed E-state index contributed by atoms with van der Waals surface area (Å²) in [6.45, 7) is 0. The Hall–Kier alpha value is 0.510. The number of alkyl halides is 1. The minimum absolute atomic E-state index is 0.109. The topological polar surface area (TPSA) is 17.1 Å². The van der Waals surface area contributed by atoms with Gasteiger partial charge in [-0.05, 0) is 50.7 Å². The van der Waals surface area contributed by atoms with Crippen molar-refractivity contribution in [1.29, 1.82) is 0 Å². The van der Waals surface area contributed by atoms with Crippen LogP contribution in [0.2, 0.25) is 0 Å². The summed E-state index contributed by atoms with van der Waals surface area (Å²) in [6, 6.07) is 3.04. The lowest BCUT2D eigenvalue weighted by Crippen LogP contribution is -2.05. The summed E-state index contributed by atoms with van der Waals surface area (Å²) in [5, 5.41) is 0.128. The number of carbonyl (C=O) groups excluding carboxylic acids is 1. The maximum absolute atomic E-state index is 13.3. The van der Waals surface area contributed by atoms with Gasteiger partial charge in [0.2, 0.25) is 0 Å². The van der Waals surface area contributed by atoms with Crippen molar-refractivity contribution in [1.82, 2.24) is 0 Å². The summed E-state index contributed by atoms with van der Waals surface area (Å²) >= 11 is 8.14. The second kappa shape index (κ2) is 4.84. The fourth-order valence-corrected chi connectivity index (χ4v) is 2.83. The van der Waals surface area contributed by atoms with Gasteiger partial charge in [-0.2, -0.15) is 0 Å². The molecule has 1 aromatic carbocycles. The van der Waals surface area contributed by atoms with Crippen molar-refractivity contribution in [3.8, 4) is 0 Å². The Kier molecular flexibility index (Phi) is 4.31. The summed E-state index contributed by atoms with van der Waals surface area (Å²) in [6.07, 6.45) is 0. The predicted molar refractivity (Wildman–Crippen MR) is 64.9 cm³/mol. The van der Waals surface area contributed by atoms with Gasteiger partial charge in [-0.3, -0.25) is 4.79 Å². The minimum Gasteiger partial charge on any atom is -0.293 e. The molecular weight excluding hydrogens is 418 g/mol. The van der Waals surface area contributed by atoms with Crippen molar-refractivity contribution in [3.05, 3.63) is 31.6 Å². The number of benzene rings is 1. The van der Waals surface area contributed by atoms with Crippen LogP contribution in [0.25, 0.3) is 0 Å². The van der Waals surface area contributed by atoms with Crippen molar-refractivity contribution >= 4 is 60.2 Å². The van der Waals surface area contributed by atoms with Gasteiger partial charge in [-0.1, -0.05) is 15.9 Å². The van der Waals surface area contributed by atoms with Crippen LogP contribution in [-0.2, 0) is 0 Å². The Morgan fingerprint density at radius 1 is 1.54 bits per heavy atom. The zero-order valence-corrected chi connectivity index (χ0v) is 11.6. The summed E-state index contributed by atoms with van der Waals surface area (Å²) < 4.78 is 14.5. The first-order valence-corrected chi connectivity index (χ1v) is 6.29. The Balaban J connectivity index is 3.28. The highest BCUT2D eigenvalue weighted by atomic mass is 127. The first-order chi connectivity index (χ1) is 6.06. The highest BCUT2D eigenvalue weighted by molar-refractivity contribution is 14.1. The van der Waals surface area contributed by atoms with Gasteiger partial charge in [0.1, 0.15) is 5.82 Å². The monoisotopic (exact) mass is 420 g/mol. The first kappa shape index (κ1) is 11.6. The molecule has 0 spiro atoms. The van der Waals surface area contributed by atoms with Gasteiger partial charge in [-0.15, -0.1) is 0 Å². The number of halogens is 4. The largest absolute Gasteiger partial charge is 0.293 e. The molecule has 0 heterocycles. The molecule has 0 bridgehead atoms. The van der Waals surface area contributed by atoms with E-state index < -0.39 is 5.82 Å². The number of ketones is 1. The van der Waals surface area contributed by atoms with Crippen LogP contribution in [0.1, 0.15) is 10.4 Å². The van der Waals surface area contributed by atoms with E-state index in [1.807, 2.05) is 22.6 Å². The van der Waals surface area contributed by atoms with E-state index in [-0.39, 0.29) is 16.7 Å². The molecule has 13 heavy (non-hydrogen) atoms. The van der Waals surface area contributed by atoms with E-state index >= 15 is 0 Å². The van der Waals surface area contributed by atoms with Crippen LogP contribution in [0.5, 0.6) is 0 Å². The van der Waals surface area contributed by atoms with Crippen LogP contribution < -0.4 is 0 Å². The van der Waals surface area contributed by atoms with Gasteiger partial charge in [-0.25, -0.2) is 4.39 Å². The summed E-state index contributed by atoms with van der Waals surface area (Å²) in [7, 11) is 0. The molecule has 1 nitrogen and oxygen atoms in total. The second-order valence-electron chi connectivity index (χ2n) is 2.30. The number of hydrogen-bond acceptors (Lipinski definition) is 1. The molecule has 0 aliphatic heterocycles. The van der Waals surface area contributed by atoms with E-state index in [0.29, 0.717) is 4.47 Å². The fraction of sp³-hybridized carbons (Fsp3) is 0.125. The minimum atomic E-state index is -0.483. The van der Waals surface area contributed by atoms with Crippen LogP contribution >= 0.6 is 54.5 Å². The van der Waals surface area contributed by atoms with E-state index in [0.717, 1.165) is 3.57 Å². The smallest absolute Gasteiger partial charge is 0.177 e. The van der Waals surface area contributed by atoms with Gasteiger partial charge in [0.25, 0.3) is 0 Å². The molecule has 0 N–H and O–H groups in total. The van der Waals surface area contributed by atoms with Crippen molar-refractivity contribution in [2.75, 3.05) is 5.33 Å². The third kappa shape index (κ3) is 2.73. The zero-order chi connectivity index (χ0) is 10.0. The molecule has 0 saturated carbocycles. The van der Waals surface area contributed by atoms with Crippen molar-refractivity contribution in [2.24, 2.45) is 0 Å². The first-order valence-electron chi connectivity index (χ1n) is 3.30. The zero-order valence-electron chi connectivity index (χ0n) is 6.28. The average molecular weight is 422 g/mol. The van der Waals surface area contributed by atoms with Crippen LogP contribution in [0.4, 0.5) is 4.39 Å². The molecule has 1 aromatic rings. The van der Waals surface area contributed by atoms with Crippen molar-refractivity contribution in [3.63, 3.8) is 0 Å². The fourth-order valence-electron chi connectivity index (χ4n) is 0.875. The van der Waals surface area contributed by atoms with Crippen molar-refractivity contribution < 1.29 is 9.18 Å². The molecule has 0 unspecified atom stereocenters. The Bertz CT molecular complexity index is 331. The number of rotatable bonds is 2. The third-order valence-corrected chi connectivity index (χ3v) is 3.16. The molecule has 5 heteroatoms. The highest BCUT2D eigenvalue weighted by Gasteiger charge is 2.14. The van der Waals surface area contributed by atoms with Crippen LogP contribution in [0.3, 0.4) is 0 Å². The molecule has 0 aliphatic rings. The van der Waals surface area contributed by atoms with E-state index in [1.54, 1.807) is 6.07 Å². The summed E-state index contributed by atoms with van der Waals surface area (Å²) in [5.41, 5.74) is 0.109. The van der Waals surface area contributed by atoms with Crippen LogP contribution in [0.15, 0.2) is 16.6 Å². The van der Waals surface area contributed by atoms with Crippen LogP contribution in [0, 0.1) is 9.39 Å².